The van der Waals surface area contributed by atoms with Gasteiger partial charge in [0, 0.05) is 17.5 Å². The molecule has 34 heavy (non-hydrogen) atoms. The Morgan fingerprint density at radius 1 is 1.09 bits per heavy atom. The summed E-state index contributed by atoms with van der Waals surface area (Å²) < 4.78 is 11.9. The molecule has 4 aromatic rings. The predicted octanol–water partition coefficient (Wildman–Crippen LogP) is 6.20. The molecule has 0 aliphatic rings. The fourth-order valence-electron chi connectivity index (χ4n) is 3.44. The molecule has 4 rings (SSSR count). The molecule has 1 amide bonds. The number of carbonyl (C=O) groups excluding carboxylic acids is 1. The maximum absolute atomic E-state index is 13.3. The van der Waals surface area contributed by atoms with Crippen LogP contribution in [0.3, 0.4) is 0 Å². The van der Waals surface area contributed by atoms with Crippen LogP contribution in [-0.4, -0.2) is 35.3 Å². The zero-order chi connectivity index (χ0) is 23.8. The van der Waals surface area contributed by atoms with E-state index in [1.807, 2.05) is 67.6 Å². The lowest BCUT2D eigenvalue weighted by molar-refractivity contribution is -0.118. The van der Waals surface area contributed by atoms with Crippen molar-refractivity contribution in [3.05, 3.63) is 72.6 Å². The van der Waals surface area contributed by atoms with Crippen LogP contribution in [0.1, 0.15) is 25.5 Å². The number of ether oxygens (including phenoxy) is 2. The maximum atomic E-state index is 13.3. The molecule has 0 spiro atoms. The lowest BCUT2D eigenvalue weighted by atomic mass is 10.2. The molecule has 0 saturated carbocycles. The number of nitrogens with zero attached hydrogens (tertiary/aromatic N) is 3. The van der Waals surface area contributed by atoms with E-state index in [4.69, 9.17) is 14.5 Å². The third kappa shape index (κ3) is 6.07. The van der Waals surface area contributed by atoms with Gasteiger partial charge in [0.25, 0.3) is 0 Å². The van der Waals surface area contributed by atoms with E-state index < -0.39 is 0 Å². The molecule has 176 valence electrons. The Morgan fingerprint density at radius 2 is 1.94 bits per heavy atom. The van der Waals surface area contributed by atoms with Crippen LogP contribution in [0.5, 0.6) is 11.5 Å². The first kappa shape index (κ1) is 24.0. The maximum Gasteiger partial charge on any atom is 0.229 e. The number of para-hydroxylation sites is 1. The Bertz CT molecular complexity index is 1210. The van der Waals surface area contributed by atoms with E-state index in [0.29, 0.717) is 24.7 Å². The van der Waals surface area contributed by atoms with E-state index in [2.05, 4.69) is 4.98 Å². The molecule has 0 saturated heterocycles. The van der Waals surface area contributed by atoms with Gasteiger partial charge in [-0.15, -0.1) is 11.8 Å². The molecule has 0 unspecified atom stereocenters. The molecule has 0 radical (unpaired) electrons. The van der Waals surface area contributed by atoms with Crippen LogP contribution >= 0.6 is 23.1 Å². The number of fused-ring (bicyclic) bond motifs is 1. The van der Waals surface area contributed by atoms with E-state index in [0.717, 1.165) is 44.5 Å². The van der Waals surface area contributed by atoms with Crippen LogP contribution in [0.25, 0.3) is 10.2 Å². The topological polar surface area (TPSA) is 64.5 Å². The normalized spacial score (nSPS) is 10.9. The summed E-state index contributed by atoms with van der Waals surface area (Å²) >= 11 is 3.24. The highest BCUT2D eigenvalue weighted by Crippen LogP contribution is 2.35. The number of benzene rings is 2. The third-order valence-corrected chi connectivity index (χ3v) is 7.25. The van der Waals surface area contributed by atoms with E-state index in [1.54, 1.807) is 30.0 Å². The minimum absolute atomic E-state index is 0.0398. The SMILES string of the molecule is CCOc1cccc2sc(N(Cc3ccccn3)C(=O)CCCSc3ccc(OC)cc3)nc12. The van der Waals surface area contributed by atoms with Crippen LogP contribution < -0.4 is 14.4 Å². The summed E-state index contributed by atoms with van der Waals surface area (Å²) in [4.78, 5) is 25.5. The Kier molecular flexibility index (Phi) is 8.38. The average Bonchev–Trinajstić information content (AvgIpc) is 3.31. The Labute approximate surface area is 207 Å². The number of pyridine rings is 1. The Morgan fingerprint density at radius 3 is 2.68 bits per heavy atom. The van der Waals surface area contributed by atoms with Gasteiger partial charge in [-0.05, 0) is 67.6 Å². The van der Waals surface area contributed by atoms with E-state index in [-0.39, 0.29) is 5.91 Å². The number of rotatable bonds is 11. The molecule has 0 bridgehead atoms. The van der Waals surface area contributed by atoms with Gasteiger partial charge >= 0.3 is 0 Å². The third-order valence-electron chi connectivity index (χ3n) is 5.11. The molecule has 2 aromatic carbocycles. The van der Waals surface area contributed by atoms with Gasteiger partial charge in [-0.25, -0.2) is 4.98 Å². The van der Waals surface area contributed by atoms with Gasteiger partial charge in [0.2, 0.25) is 5.91 Å². The van der Waals surface area contributed by atoms with E-state index in [1.165, 1.54) is 11.3 Å². The summed E-state index contributed by atoms with van der Waals surface area (Å²) in [7, 11) is 1.66. The number of hydrogen-bond acceptors (Lipinski definition) is 7. The largest absolute Gasteiger partial charge is 0.497 e. The van der Waals surface area contributed by atoms with Crippen molar-refractivity contribution in [2.24, 2.45) is 0 Å². The Balaban J connectivity index is 1.47. The van der Waals surface area contributed by atoms with Gasteiger partial charge in [-0.3, -0.25) is 14.7 Å². The monoisotopic (exact) mass is 493 g/mol. The first-order valence-corrected chi connectivity index (χ1v) is 13.0. The highest BCUT2D eigenvalue weighted by atomic mass is 32.2. The fraction of sp³-hybridized carbons (Fsp3) is 0.269. The number of hydrogen-bond donors (Lipinski definition) is 0. The molecular weight excluding hydrogens is 466 g/mol. The summed E-state index contributed by atoms with van der Waals surface area (Å²) in [6.07, 6.45) is 2.95. The minimum Gasteiger partial charge on any atom is -0.497 e. The van der Waals surface area contributed by atoms with Crippen LogP contribution in [-0.2, 0) is 11.3 Å². The highest BCUT2D eigenvalue weighted by Gasteiger charge is 2.21. The second-order valence-electron chi connectivity index (χ2n) is 7.46. The molecule has 0 N–H and O–H groups in total. The van der Waals surface area contributed by atoms with Crippen molar-refractivity contribution in [1.82, 2.24) is 9.97 Å². The second kappa shape index (κ2) is 11.9. The van der Waals surface area contributed by atoms with Gasteiger partial charge in [0.15, 0.2) is 5.13 Å². The average molecular weight is 494 g/mol. The quantitative estimate of drug-likeness (QED) is 0.183. The zero-order valence-corrected chi connectivity index (χ0v) is 20.9. The number of anilines is 1. The number of thioether (sulfide) groups is 1. The zero-order valence-electron chi connectivity index (χ0n) is 19.3. The molecule has 0 aliphatic heterocycles. The Hall–Kier alpha value is -3.10. The van der Waals surface area contributed by atoms with E-state index >= 15 is 0 Å². The summed E-state index contributed by atoms with van der Waals surface area (Å²) in [5.74, 6) is 2.47. The first-order chi connectivity index (χ1) is 16.7. The van der Waals surface area contributed by atoms with Crippen LogP contribution in [0.4, 0.5) is 5.13 Å². The highest BCUT2D eigenvalue weighted by molar-refractivity contribution is 7.99. The van der Waals surface area contributed by atoms with Crippen molar-refractivity contribution in [2.45, 2.75) is 31.2 Å². The van der Waals surface area contributed by atoms with E-state index in [9.17, 15) is 4.79 Å². The fourth-order valence-corrected chi connectivity index (χ4v) is 5.29. The first-order valence-electron chi connectivity index (χ1n) is 11.2. The van der Waals surface area contributed by atoms with Gasteiger partial charge in [0.05, 0.1) is 30.7 Å². The van der Waals surface area contributed by atoms with Crippen molar-refractivity contribution < 1.29 is 14.3 Å². The van der Waals surface area contributed by atoms with Crippen molar-refractivity contribution in [3.8, 4) is 11.5 Å². The van der Waals surface area contributed by atoms with Gasteiger partial charge in [0.1, 0.15) is 17.0 Å². The summed E-state index contributed by atoms with van der Waals surface area (Å²) in [6, 6.07) is 19.6. The molecule has 0 aliphatic carbocycles. The number of amides is 1. The van der Waals surface area contributed by atoms with Gasteiger partial charge < -0.3 is 9.47 Å². The lowest BCUT2D eigenvalue weighted by Crippen LogP contribution is -2.30. The summed E-state index contributed by atoms with van der Waals surface area (Å²) in [6.45, 7) is 2.90. The molecule has 0 atom stereocenters. The standard InChI is InChI=1S/C26H27N3O3S2/c1-3-32-22-9-6-10-23-25(22)28-26(34-23)29(18-19-8-4-5-16-27-19)24(30)11-7-17-33-21-14-12-20(31-2)13-15-21/h4-6,8-10,12-16H,3,7,11,17-18H2,1-2H3. The lowest BCUT2D eigenvalue weighted by Gasteiger charge is -2.19. The molecular formula is C26H27N3O3S2. The number of carbonyl (C=O) groups is 1. The van der Waals surface area contributed by atoms with Crippen LogP contribution in [0.15, 0.2) is 71.8 Å². The summed E-state index contributed by atoms with van der Waals surface area (Å²) in [5.41, 5.74) is 1.62. The molecule has 2 heterocycles. The van der Waals surface area contributed by atoms with Gasteiger partial charge in [-0.2, -0.15) is 0 Å². The molecule has 2 aromatic heterocycles. The summed E-state index contributed by atoms with van der Waals surface area (Å²) in [5, 5.41) is 0.667. The number of thiazole rings is 1. The second-order valence-corrected chi connectivity index (χ2v) is 9.64. The van der Waals surface area contributed by atoms with Crippen molar-refractivity contribution in [1.29, 1.82) is 0 Å². The molecule has 0 fully saturated rings. The smallest absolute Gasteiger partial charge is 0.229 e. The van der Waals surface area contributed by atoms with Crippen molar-refractivity contribution >= 4 is 44.4 Å². The minimum atomic E-state index is 0.0398. The number of methoxy groups -OCH3 is 1. The molecule has 6 nitrogen and oxygen atoms in total. The number of aromatic nitrogens is 2. The van der Waals surface area contributed by atoms with Crippen LogP contribution in [0.2, 0.25) is 0 Å². The van der Waals surface area contributed by atoms with Crippen LogP contribution in [0, 0.1) is 0 Å². The van der Waals surface area contributed by atoms with Crippen molar-refractivity contribution in [2.75, 3.05) is 24.4 Å². The van der Waals surface area contributed by atoms with Gasteiger partial charge in [-0.1, -0.05) is 23.5 Å². The predicted molar refractivity (Wildman–Crippen MR) is 139 cm³/mol. The van der Waals surface area contributed by atoms with Crippen molar-refractivity contribution in [3.63, 3.8) is 0 Å². The molecule has 8 heteroatoms.